The summed E-state index contributed by atoms with van der Waals surface area (Å²) in [6.45, 7) is 1.96. The first-order valence-corrected chi connectivity index (χ1v) is 4.65. The number of nitrogens with zero attached hydrogens (tertiary/aromatic N) is 2. The molecule has 0 amide bonds. The van der Waals surface area contributed by atoms with E-state index < -0.39 is 5.69 Å². The van der Waals surface area contributed by atoms with Crippen LogP contribution in [0, 0.1) is 0 Å². The van der Waals surface area contributed by atoms with Crippen LogP contribution in [0.4, 0.5) is 0 Å². The van der Waals surface area contributed by atoms with Crippen LogP contribution in [0.2, 0.25) is 0 Å². The van der Waals surface area contributed by atoms with Crippen molar-refractivity contribution in [3.63, 3.8) is 0 Å². The molecule has 3 N–H and O–H groups in total. The Morgan fingerprint density at radius 2 is 2.27 bits per heavy atom. The average molecular weight is 208 g/mol. The second-order valence-electron chi connectivity index (χ2n) is 3.57. The molecule has 0 fully saturated rings. The SMILES string of the molecule is CC(N)Cn1c(=O)[nH]n2cccc2c1=O. The van der Waals surface area contributed by atoms with Crippen LogP contribution in [0.3, 0.4) is 0 Å². The standard InChI is InChI=1S/C9H12N4O2/c1-6(10)5-12-8(14)7-3-2-4-13(7)11-9(12)15/h2-4,6H,5,10H2,1H3,(H,11,15). The molecule has 2 rings (SSSR count). The molecule has 80 valence electrons. The Labute approximate surface area is 84.9 Å². The molecule has 6 nitrogen and oxygen atoms in total. The van der Waals surface area contributed by atoms with Crippen molar-refractivity contribution in [1.82, 2.24) is 14.2 Å². The lowest BCUT2D eigenvalue weighted by Gasteiger charge is -2.07. The first kappa shape index (κ1) is 9.72. The predicted molar refractivity (Wildman–Crippen MR) is 55.9 cm³/mol. The van der Waals surface area contributed by atoms with Gasteiger partial charge in [0.05, 0.1) is 0 Å². The van der Waals surface area contributed by atoms with E-state index in [1.54, 1.807) is 25.3 Å². The van der Waals surface area contributed by atoms with Crippen molar-refractivity contribution < 1.29 is 0 Å². The Balaban J connectivity index is 2.73. The molecule has 2 heterocycles. The molecule has 0 bridgehead atoms. The number of fused-ring (bicyclic) bond motifs is 1. The monoisotopic (exact) mass is 208 g/mol. The zero-order chi connectivity index (χ0) is 11.0. The highest BCUT2D eigenvalue weighted by Crippen LogP contribution is 1.92. The number of rotatable bonds is 2. The van der Waals surface area contributed by atoms with Gasteiger partial charge in [0.25, 0.3) is 5.56 Å². The van der Waals surface area contributed by atoms with E-state index in [4.69, 9.17) is 5.73 Å². The van der Waals surface area contributed by atoms with E-state index in [0.717, 1.165) is 4.57 Å². The Kier molecular flexibility index (Phi) is 2.20. The van der Waals surface area contributed by atoms with Crippen molar-refractivity contribution in [3.05, 3.63) is 39.2 Å². The second-order valence-corrected chi connectivity index (χ2v) is 3.57. The normalized spacial score (nSPS) is 13.2. The van der Waals surface area contributed by atoms with Crippen LogP contribution < -0.4 is 17.0 Å². The van der Waals surface area contributed by atoms with Crippen LogP contribution in [0.25, 0.3) is 5.52 Å². The number of hydrogen-bond donors (Lipinski definition) is 2. The number of nitrogens with one attached hydrogen (secondary N) is 1. The summed E-state index contributed by atoms with van der Waals surface area (Å²) in [4.78, 5) is 23.3. The van der Waals surface area contributed by atoms with Gasteiger partial charge in [0.2, 0.25) is 0 Å². The van der Waals surface area contributed by atoms with Crippen LogP contribution in [0.1, 0.15) is 6.92 Å². The summed E-state index contributed by atoms with van der Waals surface area (Å²) >= 11 is 0. The molecule has 1 atom stereocenters. The van der Waals surface area contributed by atoms with Gasteiger partial charge in [-0.2, -0.15) is 0 Å². The summed E-state index contributed by atoms with van der Waals surface area (Å²) in [5, 5.41) is 2.55. The molecule has 0 saturated carbocycles. The lowest BCUT2D eigenvalue weighted by molar-refractivity contribution is 0.539. The highest BCUT2D eigenvalue weighted by molar-refractivity contribution is 5.43. The molecular formula is C9H12N4O2. The molecule has 0 aliphatic carbocycles. The van der Waals surface area contributed by atoms with Crippen molar-refractivity contribution in [1.29, 1.82) is 0 Å². The topological polar surface area (TPSA) is 85.3 Å². The molecule has 15 heavy (non-hydrogen) atoms. The predicted octanol–water partition coefficient (Wildman–Crippen LogP) is -0.863. The van der Waals surface area contributed by atoms with E-state index in [9.17, 15) is 9.59 Å². The smallest absolute Gasteiger partial charge is 0.326 e. The lowest BCUT2D eigenvalue weighted by atomic mass is 10.3. The van der Waals surface area contributed by atoms with Gasteiger partial charge in [0.1, 0.15) is 5.52 Å². The van der Waals surface area contributed by atoms with Gasteiger partial charge >= 0.3 is 5.69 Å². The van der Waals surface area contributed by atoms with E-state index in [0.29, 0.717) is 5.52 Å². The summed E-state index contributed by atoms with van der Waals surface area (Å²) in [5.74, 6) is 0. The molecule has 0 aliphatic heterocycles. The maximum absolute atomic E-state index is 11.8. The van der Waals surface area contributed by atoms with Crippen molar-refractivity contribution in [2.75, 3.05) is 0 Å². The quantitative estimate of drug-likeness (QED) is 0.673. The fraction of sp³-hybridized carbons (Fsp3) is 0.333. The van der Waals surface area contributed by atoms with Crippen molar-refractivity contribution in [2.45, 2.75) is 19.5 Å². The van der Waals surface area contributed by atoms with Crippen molar-refractivity contribution in [3.8, 4) is 0 Å². The van der Waals surface area contributed by atoms with E-state index in [-0.39, 0.29) is 18.1 Å². The maximum Gasteiger partial charge on any atom is 0.343 e. The maximum atomic E-state index is 11.8. The van der Waals surface area contributed by atoms with E-state index >= 15 is 0 Å². The number of aromatic amines is 1. The Morgan fingerprint density at radius 3 is 2.93 bits per heavy atom. The Morgan fingerprint density at radius 1 is 1.53 bits per heavy atom. The van der Waals surface area contributed by atoms with Crippen LogP contribution in [0.5, 0.6) is 0 Å². The summed E-state index contributed by atoms with van der Waals surface area (Å²) in [6, 6.07) is 3.11. The third-order valence-electron chi connectivity index (χ3n) is 2.14. The van der Waals surface area contributed by atoms with Gasteiger partial charge in [-0.05, 0) is 19.1 Å². The number of H-pyrrole nitrogens is 1. The van der Waals surface area contributed by atoms with Crippen LogP contribution in [-0.4, -0.2) is 20.2 Å². The van der Waals surface area contributed by atoms with Gasteiger partial charge in [0, 0.05) is 18.8 Å². The first-order chi connectivity index (χ1) is 7.09. The number of hydrogen-bond acceptors (Lipinski definition) is 3. The minimum Gasteiger partial charge on any atom is -0.326 e. The molecule has 0 saturated heterocycles. The van der Waals surface area contributed by atoms with Gasteiger partial charge in [-0.3, -0.25) is 13.9 Å². The zero-order valence-corrected chi connectivity index (χ0v) is 8.30. The molecular weight excluding hydrogens is 196 g/mol. The lowest BCUT2D eigenvalue weighted by Crippen LogP contribution is -2.41. The minimum absolute atomic E-state index is 0.218. The van der Waals surface area contributed by atoms with Crippen LogP contribution in [-0.2, 0) is 6.54 Å². The van der Waals surface area contributed by atoms with Gasteiger partial charge in [-0.15, -0.1) is 0 Å². The summed E-state index contributed by atoms with van der Waals surface area (Å²) in [7, 11) is 0. The molecule has 0 spiro atoms. The van der Waals surface area contributed by atoms with E-state index in [1.807, 2.05) is 0 Å². The van der Waals surface area contributed by atoms with Crippen LogP contribution >= 0.6 is 0 Å². The summed E-state index contributed by atoms with van der Waals surface area (Å²) in [6.07, 6.45) is 1.62. The van der Waals surface area contributed by atoms with Gasteiger partial charge in [-0.1, -0.05) is 0 Å². The second kappa shape index (κ2) is 3.39. The zero-order valence-electron chi connectivity index (χ0n) is 8.30. The largest absolute Gasteiger partial charge is 0.343 e. The Bertz CT molecular complexity index is 590. The molecule has 2 aromatic heterocycles. The summed E-state index contributed by atoms with van der Waals surface area (Å²) < 4.78 is 2.52. The minimum atomic E-state index is -0.444. The van der Waals surface area contributed by atoms with Crippen LogP contribution in [0.15, 0.2) is 27.9 Å². The van der Waals surface area contributed by atoms with Gasteiger partial charge in [0.15, 0.2) is 0 Å². The third kappa shape index (κ3) is 1.59. The fourth-order valence-electron chi connectivity index (χ4n) is 1.50. The molecule has 0 aromatic carbocycles. The number of nitrogens with two attached hydrogens (primary N) is 1. The van der Waals surface area contributed by atoms with Crippen molar-refractivity contribution >= 4 is 5.52 Å². The van der Waals surface area contributed by atoms with E-state index in [1.165, 1.54) is 4.52 Å². The molecule has 6 heteroatoms. The average Bonchev–Trinajstić information content (AvgIpc) is 2.59. The van der Waals surface area contributed by atoms with Gasteiger partial charge in [-0.25, -0.2) is 9.89 Å². The first-order valence-electron chi connectivity index (χ1n) is 4.65. The highest BCUT2D eigenvalue weighted by atomic mass is 16.2. The molecule has 0 radical (unpaired) electrons. The highest BCUT2D eigenvalue weighted by Gasteiger charge is 2.07. The fourth-order valence-corrected chi connectivity index (χ4v) is 1.50. The van der Waals surface area contributed by atoms with Crippen molar-refractivity contribution in [2.24, 2.45) is 5.73 Å². The summed E-state index contributed by atoms with van der Waals surface area (Å²) in [5.41, 5.74) is 5.24. The molecule has 2 aromatic rings. The third-order valence-corrected chi connectivity index (χ3v) is 2.14. The molecule has 0 aliphatic rings. The molecule has 1 unspecified atom stereocenters. The van der Waals surface area contributed by atoms with E-state index in [2.05, 4.69) is 5.10 Å². The van der Waals surface area contributed by atoms with Gasteiger partial charge < -0.3 is 5.73 Å². The Hall–Kier alpha value is -1.82. The number of aromatic nitrogens is 3.